The topological polar surface area (TPSA) is 103 Å². The monoisotopic (exact) mass is 273 g/mol. The number of hydrogen-bond donors (Lipinski definition) is 2. The summed E-state index contributed by atoms with van der Waals surface area (Å²) >= 11 is 0. The molecule has 20 heavy (non-hydrogen) atoms. The van der Waals surface area contributed by atoms with E-state index in [0.717, 1.165) is 0 Å². The lowest BCUT2D eigenvalue weighted by atomic mass is 10.2. The van der Waals surface area contributed by atoms with E-state index in [2.05, 4.69) is 15.6 Å². The maximum Gasteiger partial charge on any atom is 0.271 e. The highest BCUT2D eigenvalue weighted by Crippen LogP contribution is 2.14. The molecule has 2 rings (SSSR count). The predicted octanol–water partition coefficient (Wildman–Crippen LogP) is 0.885. The molecule has 0 fully saturated rings. The van der Waals surface area contributed by atoms with Crippen LogP contribution in [0.1, 0.15) is 29.1 Å². The quantitative estimate of drug-likeness (QED) is 0.863. The first-order chi connectivity index (χ1) is 9.50. The van der Waals surface area contributed by atoms with E-state index < -0.39 is 11.9 Å². The molecule has 104 valence electrons. The van der Waals surface area contributed by atoms with Crippen LogP contribution in [0.5, 0.6) is 0 Å². The van der Waals surface area contributed by atoms with Gasteiger partial charge in [0.25, 0.3) is 5.91 Å². The van der Waals surface area contributed by atoms with Gasteiger partial charge in [-0.1, -0.05) is 23.4 Å². The van der Waals surface area contributed by atoms with Gasteiger partial charge in [-0.3, -0.25) is 9.59 Å². The molecule has 1 heterocycles. The van der Waals surface area contributed by atoms with Crippen molar-refractivity contribution in [2.75, 3.05) is 5.32 Å². The summed E-state index contributed by atoms with van der Waals surface area (Å²) in [5, 5.41) is 10.3. The minimum atomic E-state index is -0.663. The van der Waals surface area contributed by atoms with Crippen LogP contribution in [-0.4, -0.2) is 26.8 Å². The maximum atomic E-state index is 12.1. The van der Waals surface area contributed by atoms with E-state index in [4.69, 9.17) is 5.73 Å². The van der Waals surface area contributed by atoms with Crippen molar-refractivity contribution < 1.29 is 9.59 Å². The van der Waals surface area contributed by atoms with Crippen molar-refractivity contribution in [2.45, 2.75) is 19.9 Å². The van der Waals surface area contributed by atoms with Gasteiger partial charge in [0.05, 0.1) is 5.69 Å². The highest BCUT2D eigenvalue weighted by molar-refractivity contribution is 5.94. The number of nitrogens with one attached hydrogen (secondary N) is 1. The van der Waals surface area contributed by atoms with Gasteiger partial charge in [0.1, 0.15) is 6.04 Å². The molecular weight excluding hydrogens is 258 g/mol. The summed E-state index contributed by atoms with van der Waals surface area (Å²) in [5.74, 6) is -0.912. The summed E-state index contributed by atoms with van der Waals surface area (Å²) in [4.78, 5) is 23.3. The molecule has 0 bridgehead atoms. The Morgan fingerprint density at radius 2 is 1.95 bits per heavy atom. The third-order valence-corrected chi connectivity index (χ3v) is 2.95. The fraction of sp³-hybridized carbons (Fsp3) is 0.231. The van der Waals surface area contributed by atoms with Gasteiger partial charge in [-0.15, -0.1) is 5.10 Å². The number of benzene rings is 1. The van der Waals surface area contributed by atoms with Gasteiger partial charge in [-0.2, -0.15) is 0 Å². The average Bonchev–Trinajstić information content (AvgIpc) is 2.81. The lowest BCUT2D eigenvalue weighted by Gasteiger charge is -2.13. The summed E-state index contributed by atoms with van der Waals surface area (Å²) in [6.45, 7) is 3.32. The van der Waals surface area contributed by atoms with Crippen LogP contribution >= 0.6 is 0 Å². The zero-order chi connectivity index (χ0) is 14.7. The van der Waals surface area contributed by atoms with Crippen LogP contribution in [0.4, 0.5) is 5.69 Å². The second-order valence-electron chi connectivity index (χ2n) is 4.36. The van der Waals surface area contributed by atoms with E-state index in [1.54, 1.807) is 26.0 Å². The van der Waals surface area contributed by atoms with Crippen molar-refractivity contribution >= 4 is 17.5 Å². The lowest BCUT2D eigenvalue weighted by molar-refractivity contribution is -0.119. The van der Waals surface area contributed by atoms with Crippen molar-refractivity contribution in [3.63, 3.8) is 0 Å². The van der Waals surface area contributed by atoms with Crippen LogP contribution in [0.3, 0.4) is 0 Å². The number of para-hydroxylation sites is 1. The Hall–Kier alpha value is -2.70. The standard InChI is InChI=1S/C13H15N5O2/c1-8-11(12(14)19)16-17-18(8)9(2)13(20)15-10-6-4-3-5-7-10/h3-7,9H,1-2H3,(H2,14,19)(H,15,20). The summed E-state index contributed by atoms with van der Waals surface area (Å²) in [6, 6.07) is 8.48. The zero-order valence-corrected chi connectivity index (χ0v) is 11.2. The number of aromatic nitrogens is 3. The second-order valence-corrected chi connectivity index (χ2v) is 4.36. The van der Waals surface area contributed by atoms with Crippen molar-refractivity contribution in [1.29, 1.82) is 0 Å². The van der Waals surface area contributed by atoms with Crippen LogP contribution in [0.15, 0.2) is 30.3 Å². The number of amides is 2. The van der Waals surface area contributed by atoms with Crippen LogP contribution in [0, 0.1) is 6.92 Å². The molecule has 7 heteroatoms. The van der Waals surface area contributed by atoms with Crippen molar-refractivity contribution in [3.8, 4) is 0 Å². The summed E-state index contributed by atoms with van der Waals surface area (Å²) in [6.07, 6.45) is 0. The first kappa shape index (κ1) is 13.7. The third kappa shape index (κ3) is 2.66. The molecule has 1 aromatic carbocycles. The number of primary amides is 1. The van der Waals surface area contributed by atoms with E-state index in [0.29, 0.717) is 11.4 Å². The van der Waals surface area contributed by atoms with Crippen molar-refractivity contribution in [3.05, 3.63) is 41.7 Å². The Morgan fingerprint density at radius 1 is 1.30 bits per heavy atom. The molecule has 1 aromatic heterocycles. The molecule has 1 unspecified atom stereocenters. The normalized spacial score (nSPS) is 11.9. The molecule has 1 atom stereocenters. The van der Waals surface area contributed by atoms with Gasteiger partial charge in [-0.25, -0.2) is 4.68 Å². The number of carbonyl (C=O) groups excluding carboxylic acids is 2. The van der Waals surface area contributed by atoms with Gasteiger partial charge in [0, 0.05) is 5.69 Å². The van der Waals surface area contributed by atoms with Gasteiger partial charge < -0.3 is 11.1 Å². The van der Waals surface area contributed by atoms with Crippen LogP contribution in [-0.2, 0) is 4.79 Å². The van der Waals surface area contributed by atoms with E-state index in [1.165, 1.54) is 4.68 Å². The number of carbonyl (C=O) groups is 2. The Balaban J connectivity index is 2.17. The molecule has 0 aliphatic heterocycles. The van der Waals surface area contributed by atoms with Gasteiger partial charge in [0.2, 0.25) is 5.91 Å². The Labute approximate surface area is 115 Å². The molecular formula is C13H15N5O2. The molecule has 7 nitrogen and oxygen atoms in total. The molecule has 3 N–H and O–H groups in total. The SMILES string of the molecule is Cc1c(C(N)=O)nnn1C(C)C(=O)Nc1ccccc1. The van der Waals surface area contributed by atoms with E-state index in [9.17, 15) is 9.59 Å². The molecule has 0 saturated carbocycles. The number of nitrogens with zero attached hydrogens (tertiary/aromatic N) is 3. The molecule has 0 spiro atoms. The summed E-state index contributed by atoms with van der Waals surface area (Å²) in [5.41, 5.74) is 6.40. The fourth-order valence-electron chi connectivity index (χ4n) is 1.82. The molecule has 2 aromatic rings. The predicted molar refractivity (Wildman–Crippen MR) is 73.1 cm³/mol. The molecule has 2 amide bonds. The third-order valence-electron chi connectivity index (χ3n) is 2.95. The van der Waals surface area contributed by atoms with Crippen LogP contribution < -0.4 is 11.1 Å². The lowest BCUT2D eigenvalue weighted by Crippen LogP contribution is -2.25. The van der Waals surface area contributed by atoms with Crippen molar-refractivity contribution in [1.82, 2.24) is 15.0 Å². The summed E-state index contributed by atoms with van der Waals surface area (Å²) < 4.78 is 1.37. The Morgan fingerprint density at radius 3 is 2.50 bits per heavy atom. The highest BCUT2D eigenvalue weighted by atomic mass is 16.2. The average molecular weight is 273 g/mol. The largest absolute Gasteiger partial charge is 0.364 e. The van der Waals surface area contributed by atoms with E-state index >= 15 is 0 Å². The first-order valence-corrected chi connectivity index (χ1v) is 6.08. The molecule has 0 radical (unpaired) electrons. The minimum Gasteiger partial charge on any atom is -0.364 e. The number of hydrogen-bond acceptors (Lipinski definition) is 4. The van der Waals surface area contributed by atoms with E-state index in [1.807, 2.05) is 18.2 Å². The Bertz CT molecular complexity index is 635. The van der Waals surface area contributed by atoms with Crippen LogP contribution in [0.2, 0.25) is 0 Å². The summed E-state index contributed by atoms with van der Waals surface area (Å²) in [7, 11) is 0. The highest BCUT2D eigenvalue weighted by Gasteiger charge is 2.22. The maximum absolute atomic E-state index is 12.1. The smallest absolute Gasteiger partial charge is 0.271 e. The minimum absolute atomic E-state index is 0.0735. The van der Waals surface area contributed by atoms with Gasteiger partial charge in [-0.05, 0) is 26.0 Å². The second kappa shape index (κ2) is 5.52. The van der Waals surface area contributed by atoms with E-state index in [-0.39, 0.29) is 11.6 Å². The van der Waals surface area contributed by atoms with Gasteiger partial charge in [0.15, 0.2) is 5.69 Å². The van der Waals surface area contributed by atoms with Gasteiger partial charge >= 0.3 is 0 Å². The number of rotatable bonds is 4. The molecule has 0 aliphatic rings. The molecule has 0 saturated heterocycles. The first-order valence-electron chi connectivity index (χ1n) is 6.08. The van der Waals surface area contributed by atoms with Crippen LogP contribution in [0.25, 0.3) is 0 Å². The number of nitrogens with two attached hydrogens (primary N) is 1. The number of anilines is 1. The van der Waals surface area contributed by atoms with Crippen molar-refractivity contribution in [2.24, 2.45) is 5.73 Å². The Kier molecular flexibility index (Phi) is 3.79. The fourth-order valence-corrected chi connectivity index (χ4v) is 1.82. The zero-order valence-electron chi connectivity index (χ0n) is 11.2. The molecule has 0 aliphatic carbocycles.